The van der Waals surface area contributed by atoms with Crippen LogP contribution >= 0.6 is 0 Å². The molecule has 0 spiro atoms. The molecule has 0 aliphatic heterocycles. The molecule has 3 heteroatoms. The first-order valence-corrected chi connectivity index (χ1v) is 6.61. The summed E-state index contributed by atoms with van der Waals surface area (Å²) in [5.74, 6) is 0.101. The lowest BCUT2D eigenvalue weighted by atomic mass is 10.1. The predicted octanol–water partition coefficient (Wildman–Crippen LogP) is 3.31. The quantitative estimate of drug-likeness (QED) is 0.894. The van der Waals surface area contributed by atoms with Gasteiger partial charge in [0.15, 0.2) is 0 Å². The standard InChI is InChI=1S/C16H20N2O/c1-12(2)16(19)17-13(3)14-6-8-15(9-7-14)18-10-4-5-11-18/h4-13H,1-3H3,(H,17,19). The molecule has 2 rings (SSSR count). The van der Waals surface area contributed by atoms with Crippen LogP contribution in [-0.4, -0.2) is 10.5 Å². The van der Waals surface area contributed by atoms with E-state index in [9.17, 15) is 4.79 Å². The topological polar surface area (TPSA) is 34.0 Å². The highest BCUT2D eigenvalue weighted by atomic mass is 16.1. The molecule has 2 aromatic rings. The maximum Gasteiger partial charge on any atom is 0.223 e. The molecule has 0 radical (unpaired) electrons. The van der Waals surface area contributed by atoms with Gasteiger partial charge < -0.3 is 9.88 Å². The van der Waals surface area contributed by atoms with Gasteiger partial charge in [0, 0.05) is 24.0 Å². The fourth-order valence-corrected chi connectivity index (χ4v) is 1.91. The van der Waals surface area contributed by atoms with Gasteiger partial charge in [-0.05, 0) is 36.8 Å². The Morgan fingerprint density at radius 2 is 1.63 bits per heavy atom. The Hall–Kier alpha value is -2.03. The van der Waals surface area contributed by atoms with Crippen molar-refractivity contribution in [1.82, 2.24) is 9.88 Å². The SMILES string of the molecule is CC(C)C(=O)NC(C)c1ccc(-n2cccc2)cc1. The van der Waals surface area contributed by atoms with Crippen molar-refractivity contribution < 1.29 is 4.79 Å². The minimum Gasteiger partial charge on any atom is -0.349 e. The summed E-state index contributed by atoms with van der Waals surface area (Å²) in [7, 11) is 0. The summed E-state index contributed by atoms with van der Waals surface area (Å²) >= 11 is 0. The van der Waals surface area contributed by atoms with Gasteiger partial charge in [0.25, 0.3) is 0 Å². The van der Waals surface area contributed by atoms with E-state index in [0.29, 0.717) is 0 Å². The molecule has 1 aromatic carbocycles. The first kappa shape index (κ1) is 13.4. The van der Waals surface area contributed by atoms with Gasteiger partial charge in [0.05, 0.1) is 6.04 Å². The number of nitrogens with one attached hydrogen (secondary N) is 1. The molecule has 100 valence electrons. The number of carbonyl (C=O) groups excluding carboxylic acids is 1. The van der Waals surface area contributed by atoms with E-state index < -0.39 is 0 Å². The molecule has 19 heavy (non-hydrogen) atoms. The summed E-state index contributed by atoms with van der Waals surface area (Å²) in [5.41, 5.74) is 2.24. The molecule has 1 atom stereocenters. The maximum atomic E-state index is 11.7. The number of hydrogen-bond acceptors (Lipinski definition) is 1. The van der Waals surface area contributed by atoms with Crippen LogP contribution in [0.5, 0.6) is 0 Å². The molecule has 0 fully saturated rings. The third-order valence-electron chi connectivity index (χ3n) is 3.18. The molecule has 0 saturated carbocycles. The Morgan fingerprint density at radius 3 is 2.16 bits per heavy atom. The monoisotopic (exact) mass is 256 g/mol. The molecular formula is C16H20N2O. The van der Waals surface area contributed by atoms with Crippen LogP contribution in [0.3, 0.4) is 0 Å². The zero-order valence-corrected chi connectivity index (χ0v) is 11.6. The average molecular weight is 256 g/mol. The maximum absolute atomic E-state index is 11.7. The van der Waals surface area contributed by atoms with Gasteiger partial charge in [0.2, 0.25) is 5.91 Å². The van der Waals surface area contributed by atoms with Gasteiger partial charge in [-0.25, -0.2) is 0 Å². The summed E-state index contributed by atoms with van der Waals surface area (Å²) in [6.45, 7) is 5.80. The van der Waals surface area contributed by atoms with E-state index in [4.69, 9.17) is 0 Å². The second-order valence-corrected chi connectivity index (χ2v) is 5.07. The minimum atomic E-state index is 0.0154. The number of benzene rings is 1. The van der Waals surface area contributed by atoms with Crippen molar-refractivity contribution in [3.8, 4) is 5.69 Å². The van der Waals surface area contributed by atoms with Gasteiger partial charge in [-0.3, -0.25) is 4.79 Å². The van der Waals surface area contributed by atoms with E-state index in [1.165, 1.54) is 0 Å². The molecule has 0 aliphatic carbocycles. The lowest BCUT2D eigenvalue weighted by Gasteiger charge is -2.16. The van der Waals surface area contributed by atoms with Crippen molar-refractivity contribution in [2.24, 2.45) is 5.92 Å². The molecule has 0 aliphatic rings. The fourth-order valence-electron chi connectivity index (χ4n) is 1.91. The average Bonchev–Trinajstić information content (AvgIpc) is 2.92. The number of rotatable bonds is 4. The van der Waals surface area contributed by atoms with Gasteiger partial charge in [-0.15, -0.1) is 0 Å². The zero-order chi connectivity index (χ0) is 13.8. The van der Waals surface area contributed by atoms with Crippen LogP contribution in [0.2, 0.25) is 0 Å². The van der Waals surface area contributed by atoms with Gasteiger partial charge in [-0.1, -0.05) is 26.0 Å². The van der Waals surface area contributed by atoms with Crippen LogP contribution in [0.15, 0.2) is 48.8 Å². The largest absolute Gasteiger partial charge is 0.349 e. The molecule has 1 N–H and O–H groups in total. The lowest BCUT2D eigenvalue weighted by molar-refractivity contribution is -0.124. The minimum absolute atomic E-state index is 0.0154. The van der Waals surface area contributed by atoms with Crippen molar-refractivity contribution in [2.45, 2.75) is 26.8 Å². The molecule has 0 bridgehead atoms. The Kier molecular flexibility index (Phi) is 4.05. The van der Waals surface area contributed by atoms with Crippen LogP contribution in [0.4, 0.5) is 0 Å². The van der Waals surface area contributed by atoms with E-state index in [1.54, 1.807) is 0 Å². The van der Waals surface area contributed by atoms with E-state index in [0.717, 1.165) is 11.3 Å². The molecule has 1 amide bonds. The van der Waals surface area contributed by atoms with E-state index in [2.05, 4.69) is 34.1 Å². The molecule has 1 unspecified atom stereocenters. The third kappa shape index (κ3) is 3.25. The van der Waals surface area contributed by atoms with Crippen molar-refractivity contribution in [3.05, 3.63) is 54.4 Å². The fraction of sp³-hybridized carbons (Fsp3) is 0.312. The van der Waals surface area contributed by atoms with E-state index in [1.807, 2.05) is 45.3 Å². The van der Waals surface area contributed by atoms with Crippen molar-refractivity contribution in [2.75, 3.05) is 0 Å². The highest BCUT2D eigenvalue weighted by Gasteiger charge is 2.12. The number of amides is 1. The van der Waals surface area contributed by atoms with Crippen LogP contribution in [0.1, 0.15) is 32.4 Å². The number of nitrogens with zero attached hydrogens (tertiary/aromatic N) is 1. The highest BCUT2D eigenvalue weighted by Crippen LogP contribution is 2.16. The first-order valence-electron chi connectivity index (χ1n) is 6.61. The lowest BCUT2D eigenvalue weighted by Crippen LogP contribution is -2.30. The Labute approximate surface area is 114 Å². The van der Waals surface area contributed by atoms with Gasteiger partial charge in [0.1, 0.15) is 0 Å². The Bertz CT molecular complexity index is 526. The summed E-state index contributed by atoms with van der Waals surface area (Å²) in [6.07, 6.45) is 4.03. The normalized spacial score (nSPS) is 12.4. The van der Waals surface area contributed by atoms with Crippen molar-refractivity contribution in [3.63, 3.8) is 0 Å². The van der Waals surface area contributed by atoms with Crippen LogP contribution in [0, 0.1) is 5.92 Å². The molecule has 1 heterocycles. The van der Waals surface area contributed by atoms with Gasteiger partial charge in [-0.2, -0.15) is 0 Å². The van der Waals surface area contributed by atoms with Gasteiger partial charge >= 0.3 is 0 Å². The number of hydrogen-bond donors (Lipinski definition) is 1. The smallest absolute Gasteiger partial charge is 0.223 e. The Morgan fingerprint density at radius 1 is 1.05 bits per heavy atom. The van der Waals surface area contributed by atoms with Crippen molar-refractivity contribution in [1.29, 1.82) is 0 Å². The predicted molar refractivity (Wildman–Crippen MR) is 77.2 cm³/mol. The van der Waals surface area contributed by atoms with E-state index >= 15 is 0 Å². The van der Waals surface area contributed by atoms with Crippen LogP contribution < -0.4 is 5.32 Å². The first-order chi connectivity index (χ1) is 9.08. The summed E-state index contributed by atoms with van der Waals surface area (Å²) < 4.78 is 2.06. The summed E-state index contributed by atoms with van der Waals surface area (Å²) in [5, 5.41) is 3.00. The van der Waals surface area contributed by atoms with Crippen LogP contribution in [-0.2, 0) is 4.79 Å². The number of aromatic nitrogens is 1. The van der Waals surface area contributed by atoms with E-state index in [-0.39, 0.29) is 17.9 Å². The Balaban J connectivity index is 2.08. The molecular weight excluding hydrogens is 236 g/mol. The summed E-state index contributed by atoms with van der Waals surface area (Å²) in [4.78, 5) is 11.7. The number of carbonyl (C=O) groups is 1. The molecule has 1 aromatic heterocycles. The summed E-state index contributed by atoms with van der Waals surface area (Å²) in [6, 6.07) is 12.3. The third-order valence-corrected chi connectivity index (χ3v) is 3.18. The molecule has 3 nitrogen and oxygen atoms in total. The van der Waals surface area contributed by atoms with Crippen molar-refractivity contribution >= 4 is 5.91 Å². The zero-order valence-electron chi connectivity index (χ0n) is 11.6. The second kappa shape index (κ2) is 5.74. The second-order valence-electron chi connectivity index (χ2n) is 5.07. The highest BCUT2D eigenvalue weighted by molar-refractivity contribution is 5.78. The molecule has 0 saturated heterocycles. The van der Waals surface area contributed by atoms with Crippen LogP contribution in [0.25, 0.3) is 5.69 Å².